The van der Waals surface area contributed by atoms with Crippen LogP contribution in [0.15, 0.2) is 18.2 Å². The van der Waals surface area contributed by atoms with E-state index >= 15 is 0 Å². The van der Waals surface area contributed by atoms with Crippen LogP contribution in [0.5, 0.6) is 23.0 Å². The number of hydrogen-bond donors (Lipinski definition) is 0. The Bertz CT molecular complexity index is 814. The lowest BCUT2D eigenvalue weighted by Gasteiger charge is -2.19. The van der Waals surface area contributed by atoms with Gasteiger partial charge in [-0.2, -0.15) is 0 Å². The monoisotopic (exact) mass is 364 g/mol. The van der Waals surface area contributed by atoms with Gasteiger partial charge in [0.2, 0.25) is 11.5 Å². The average Bonchev–Trinajstić information content (AvgIpc) is 2.61. The number of carbonyl (C=O) groups is 1. The topological polar surface area (TPSA) is 54.0 Å². The van der Waals surface area contributed by atoms with Gasteiger partial charge in [-0.05, 0) is 37.1 Å². The average molecular weight is 365 g/mol. The van der Waals surface area contributed by atoms with Crippen LogP contribution in [0.1, 0.15) is 27.0 Å². The van der Waals surface area contributed by atoms with Crippen LogP contribution in [-0.2, 0) is 0 Å². The van der Waals surface area contributed by atoms with E-state index in [1.54, 1.807) is 25.1 Å². The zero-order valence-corrected chi connectivity index (χ0v) is 15.9. The van der Waals surface area contributed by atoms with Crippen molar-refractivity contribution in [1.82, 2.24) is 0 Å². The number of ether oxygens (including phenoxy) is 4. The summed E-state index contributed by atoms with van der Waals surface area (Å²) in [7, 11) is 5.99. The van der Waals surface area contributed by atoms with Crippen molar-refractivity contribution in [3.8, 4) is 23.0 Å². The van der Waals surface area contributed by atoms with E-state index < -0.39 is 0 Å². The first kappa shape index (κ1) is 18.9. The smallest absolute Gasteiger partial charge is 0.204 e. The minimum atomic E-state index is -0.305. The van der Waals surface area contributed by atoms with E-state index in [0.717, 1.165) is 5.56 Å². The Morgan fingerprint density at radius 3 is 1.92 bits per heavy atom. The summed E-state index contributed by atoms with van der Waals surface area (Å²) in [6.45, 7) is 3.63. The molecule has 134 valence electrons. The third kappa shape index (κ3) is 3.24. The number of hydrogen-bond acceptors (Lipinski definition) is 5. The van der Waals surface area contributed by atoms with E-state index in [2.05, 4.69) is 0 Å². The number of rotatable bonds is 6. The van der Waals surface area contributed by atoms with Gasteiger partial charge in [-0.25, -0.2) is 0 Å². The quantitative estimate of drug-likeness (QED) is 0.718. The summed E-state index contributed by atoms with van der Waals surface area (Å²) in [4.78, 5) is 13.3. The van der Waals surface area contributed by atoms with E-state index in [1.165, 1.54) is 28.4 Å². The van der Waals surface area contributed by atoms with E-state index in [9.17, 15) is 4.79 Å². The molecule has 0 aromatic heterocycles. The molecule has 0 saturated carbocycles. The lowest BCUT2D eigenvalue weighted by molar-refractivity contribution is 0.103. The molecule has 0 aliphatic heterocycles. The first-order valence-corrected chi connectivity index (χ1v) is 7.96. The molecule has 0 N–H and O–H groups in total. The lowest BCUT2D eigenvalue weighted by Crippen LogP contribution is -2.11. The van der Waals surface area contributed by atoms with Crippen molar-refractivity contribution in [2.75, 3.05) is 28.4 Å². The summed E-state index contributed by atoms with van der Waals surface area (Å²) in [5.74, 6) is 1.22. The van der Waals surface area contributed by atoms with Crippen LogP contribution in [-0.4, -0.2) is 34.2 Å². The third-order valence-electron chi connectivity index (χ3n) is 4.00. The third-order valence-corrected chi connectivity index (χ3v) is 4.49. The first-order valence-electron chi connectivity index (χ1n) is 7.58. The molecule has 0 amide bonds. The second-order valence-electron chi connectivity index (χ2n) is 5.44. The van der Waals surface area contributed by atoms with Gasteiger partial charge in [0.1, 0.15) is 5.75 Å². The molecule has 0 unspecified atom stereocenters. The molecular formula is C19H21ClO5. The summed E-state index contributed by atoms with van der Waals surface area (Å²) < 4.78 is 21.5. The van der Waals surface area contributed by atoms with E-state index in [4.69, 9.17) is 30.5 Å². The molecule has 5 nitrogen and oxygen atoms in total. The second kappa shape index (κ2) is 7.66. The van der Waals surface area contributed by atoms with E-state index in [0.29, 0.717) is 39.1 Å². The van der Waals surface area contributed by atoms with Crippen LogP contribution in [0.4, 0.5) is 0 Å². The van der Waals surface area contributed by atoms with E-state index in [-0.39, 0.29) is 11.3 Å². The van der Waals surface area contributed by atoms with Crippen LogP contribution in [0.25, 0.3) is 0 Å². The number of carbonyl (C=O) groups excluding carboxylic acids is 1. The predicted octanol–water partition coefficient (Wildman–Crippen LogP) is 4.22. The molecule has 0 saturated heterocycles. The van der Waals surface area contributed by atoms with E-state index in [1.807, 2.05) is 6.92 Å². The van der Waals surface area contributed by atoms with Gasteiger partial charge in [0.05, 0.1) is 44.6 Å². The van der Waals surface area contributed by atoms with Crippen LogP contribution in [0.2, 0.25) is 5.02 Å². The molecule has 0 radical (unpaired) electrons. The molecule has 0 bridgehead atoms. The number of halogens is 1. The minimum Gasteiger partial charge on any atom is -0.496 e. The summed E-state index contributed by atoms with van der Waals surface area (Å²) >= 11 is 6.40. The molecule has 0 atom stereocenters. The Hall–Kier alpha value is -2.40. The van der Waals surface area contributed by atoms with Crippen LogP contribution < -0.4 is 18.9 Å². The number of methoxy groups -OCH3 is 4. The Labute approximate surface area is 152 Å². The molecule has 0 heterocycles. The van der Waals surface area contributed by atoms with Crippen molar-refractivity contribution >= 4 is 17.4 Å². The number of benzene rings is 2. The van der Waals surface area contributed by atoms with Gasteiger partial charge in [-0.15, -0.1) is 0 Å². The van der Waals surface area contributed by atoms with Crippen LogP contribution >= 0.6 is 11.6 Å². The Morgan fingerprint density at radius 1 is 0.800 bits per heavy atom. The largest absolute Gasteiger partial charge is 0.496 e. The number of ketones is 1. The Morgan fingerprint density at radius 2 is 1.40 bits per heavy atom. The van der Waals surface area contributed by atoms with Crippen LogP contribution in [0, 0.1) is 13.8 Å². The molecule has 6 heteroatoms. The molecule has 0 aliphatic rings. The van der Waals surface area contributed by atoms with Gasteiger partial charge >= 0.3 is 0 Å². The summed E-state index contributed by atoms with van der Waals surface area (Å²) in [5.41, 5.74) is 2.10. The van der Waals surface area contributed by atoms with Crippen molar-refractivity contribution in [3.05, 3.63) is 45.5 Å². The molecule has 0 aliphatic carbocycles. The lowest BCUT2D eigenvalue weighted by atomic mass is 9.95. The second-order valence-corrected chi connectivity index (χ2v) is 5.82. The maximum atomic E-state index is 13.3. The molecule has 2 aromatic rings. The summed E-state index contributed by atoms with van der Waals surface area (Å²) in [6, 6.07) is 5.25. The van der Waals surface area contributed by atoms with Gasteiger partial charge in [0.25, 0.3) is 0 Å². The molecule has 2 rings (SSSR count). The normalized spacial score (nSPS) is 10.4. The molecular weight excluding hydrogens is 344 g/mol. The summed E-state index contributed by atoms with van der Waals surface area (Å²) in [6.07, 6.45) is 0. The van der Waals surface area contributed by atoms with Gasteiger partial charge in [0, 0.05) is 0 Å². The zero-order valence-electron chi connectivity index (χ0n) is 15.2. The van der Waals surface area contributed by atoms with Gasteiger partial charge < -0.3 is 18.9 Å². The van der Waals surface area contributed by atoms with Gasteiger partial charge in [0.15, 0.2) is 11.5 Å². The van der Waals surface area contributed by atoms with Crippen molar-refractivity contribution in [2.24, 2.45) is 0 Å². The van der Waals surface area contributed by atoms with Gasteiger partial charge in [-0.1, -0.05) is 17.7 Å². The van der Waals surface area contributed by atoms with Crippen molar-refractivity contribution < 1.29 is 23.7 Å². The minimum absolute atomic E-state index is 0.290. The first-order chi connectivity index (χ1) is 11.9. The highest BCUT2D eigenvalue weighted by Gasteiger charge is 2.28. The standard InChI is InChI=1S/C19H21ClO5/c1-10-7-8-12(22-3)15(16(10)20)17(21)14-11(2)9-13(23-4)18(24-5)19(14)25-6/h7-9H,1-6H3. The fourth-order valence-electron chi connectivity index (χ4n) is 2.73. The Kier molecular flexibility index (Phi) is 5.80. The molecule has 25 heavy (non-hydrogen) atoms. The highest BCUT2D eigenvalue weighted by atomic mass is 35.5. The molecule has 0 fully saturated rings. The molecule has 2 aromatic carbocycles. The van der Waals surface area contributed by atoms with Crippen LogP contribution in [0.3, 0.4) is 0 Å². The maximum absolute atomic E-state index is 13.3. The highest BCUT2D eigenvalue weighted by molar-refractivity contribution is 6.36. The summed E-state index contributed by atoms with van der Waals surface area (Å²) in [5, 5.41) is 0.348. The molecule has 0 spiro atoms. The zero-order chi connectivity index (χ0) is 18.7. The number of aryl methyl sites for hydroxylation is 2. The fraction of sp³-hybridized carbons (Fsp3) is 0.316. The SMILES string of the molecule is COc1cc(C)c(C(=O)c2c(OC)ccc(C)c2Cl)c(OC)c1OC. The Balaban J connectivity index is 2.79. The predicted molar refractivity (Wildman–Crippen MR) is 97.0 cm³/mol. The maximum Gasteiger partial charge on any atom is 0.204 e. The highest BCUT2D eigenvalue weighted by Crippen LogP contribution is 2.44. The van der Waals surface area contributed by atoms with Gasteiger partial charge in [-0.3, -0.25) is 4.79 Å². The van der Waals surface area contributed by atoms with Crippen molar-refractivity contribution in [3.63, 3.8) is 0 Å². The van der Waals surface area contributed by atoms with Crippen molar-refractivity contribution in [2.45, 2.75) is 13.8 Å². The van der Waals surface area contributed by atoms with Crippen molar-refractivity contribution in [1.29, 1.82) is 0 Å². The fourth-order valence-corrected chi connectivity index (χ4v) is 2.97.